The molecule has 146 valence electrons. The molecule has 0 amide bonds. The summed E-state index contributed by atoms with van der Waals surface area (Å²) in [7, 11) is 0.978. The molecule has 0 aliphatic carbocycles. The third-order valence-corrected chi connectivity index (χ3v) is 6.43. The maximum atomic E-state index is 12.0. The Morgan fingerprint density at radius 2 is 1.93 bits per heavy atom. The molecule has 1 aliphatic heterocycles. The summed E-state index contributed by atoms with van der Waals surface area (Å²) in [5.41, 5.74) is 3.82. The minimum atomic E-state index is -3.56. The van der Waals surface area contributed by atoms with Crippen molar-refractivity contribution in [3.63, 3.8) is 0 Å². The molecule has 0 fully saturated rings. The first kappa shape index (κ1) is 20.8. The van der Waals surface area contributed by atoms with Gasteiger partial charge < -0.3 is 4.90 Å². The van der Waals surface area contributed by atoms with Crippen molar-refractivity contribution in [3.8, 4) is 0 Å². The third kappa shape index (κ3) is 5.14. The van der Waals surface area contributed by atoms with Crippen LogP contribution in [0.15, 0.2) is 36.4 Å². The van der Waals surface area contributed by atoms with E-state index in [9.17, 15) is 8.42 Å². The van der Waals surface area contributed by atoms with Gasteiger partial charge in [-0.25, -0.2) is 0 Å². The lowest BCUT2D eigenvalue weighted by atomic mass is 9.85. The lowest BCUT2D eigenvalue weighted by Crippen LogP contribution is -2.32. The minimum absolute atomic E-state index is 0.121. The van der Waals surface area contributed by atoms with Crippen LogP contribution >= 0.6 is 32.4 Å². The molecule has 2 aromatic rings. The standard InChI is InChI=1S/C18H22Cl2N3O2PS/c1-23-10-16(15-8-13(19)9-18(20)17(15)11-23)12-2-4-14(5-3-12)22-27(24,25)21-6-7-26/h2-5,8-9,16,21-22H,6-7,10-11,26H2,1H3. The van der Waals surface area contributed by atoms with Gasteiger partial charge in [-0.3, -0.25) is 4.72 Å². The molecule has 3 rings (SSSR count). The third-order valence-electron chi connectivity index (χ3n) is 4.49. The van der Waals surface area contributed by atoms with Gasteiger partial charge in [0, 0.05) is 41.3 Å². The fourth-order valence-corrected chi connectivity index (χ4v) is 5.13. The van der Waals surface area contributed by atoms with Crippen LogP contribution in [-0.2, 0) is 16.8 Å². The molecule has 1 heterocycles. The maximum Gasteiger partial charge on any atom is 0.299 e. The van der Waals surface area contributed by atoms with E-state index in [2.05, 4.69) is 30.6 Å². The molecule has 27 heavy (non-hydrogen) atoms. The van der Waals surface area contributed by atoms with E-state index in [1.165, 1.54) is 0 Å². The predicted molar refractivity (Wildman–Crippen MR) is 116 cm³/mol. The molecule has 0 spiro atoms. The number of likely N-dealkylation sites (N-methyl/N-ethyl adjacent to an activating group) is 1. The molecule has 1 aliphatic rings. The summed E-state index contributed by atoms with van der Waals surface area (Å²) in [6, 6.07) is 11.2. The van der Waals surface area contributed by atoms with E-state index in [0.29, 0.717) is 28.4 Å². The lowest BCUT2D eigenvalue weighted by Gasteiger charge is -2.33. The Labute approximate surface area is 172 Å². The average molecular weight is 446 g/mol. The highest BCUT2D eigenvalue weighted by Gasteiger charge is 2.27. The highest BCUT2D eigenvalue weighted by atomic mass is 35.5. The summed E-state index contributed by atoms with van der Waals surface area (Å²) in [4.78, 5) is 2.22. The van der Waals surface area contributed by atoms with Crippen LogP contribution in [0.5, 0.6) is 0 Å². The van der Waals surface area contributed by atoms with Gasteiger partial charge in [0.1, 0.15) is 0 Å². The highest BCUT2D eigenvalue weighted by Crippen LogP contribution is 2.38. The van der Waals surface area contributed by atoms with E-state index in [0.717, 1.165) is 29.8 Å². The Bertz CT molecular complexity index is 923. The average Bonchev–Trinajstić information content (AvgIpc) is 2.61. The van der Waals surface area contributed by atoms with Gasteiger partial charge >= 0.3 is 0 Å². The van der Waals surface area contributed by atoms with Crippen molar-refractivity contribution in [2.45, 2.75) is 12.5 Å². The normalized spacial score (nSPS) is 17.6. The minimum Gasteiger partial charge on any atom is -0.301 e. The molecule has 0 bridgehead atoms. The van der Waals surface area contributed by atoms with Crippen LogP contribution in [0, 0.1) is 0 Å². The van der Waals surface area contributed by atoms with Gasteiger partial charge in [0.15, 0.2) is 0 Å². The molecule has 9 heteroatoms. The summed E-state index contributed by atoms with van der Waals surface area (Å²) in [6.45, 7) is 1.98. The van der Waals surface area contributed by atoms with Crippen molar-refractivity contribution in [1.82, 2.24) is 9.62 Å². The number of rotatable bonds is 6. The Morgan fingerprint density at radius 3 is 2.59 bits per heavy atom. The predicted octanol–water partition coefficient (Wildman–Crippen LogP) is 3.69. The van der Waals surface area contributed by atoms with Crippen molar-refractivity contribution in [2.24, 2.45) is 0 Å². The molecule has 2 aromatic carbocycles. The van der Waals surface area contributed by atoms with Crippen LogP contribution < -0.4 is 9.44 Å². The highest BCUT2D eigenvalue weighted by molar-refractivity contribution is 7.90. The second-order valence-corrected chi connectivity index (χ2v) is 9.54. The summed E-state index contributed by atoms with van der Waals surface area (Å²) in [6.07, 6.45) is 0.652. The van der Waals surface area contributed by atoms with E-state index < -0.39 is 10.2 Å². The lowest BCUT2D eigenvalue weighted by molar-refractivity contribution is 0.295. The summed E-state index contributed by atoms with van der Waals surface area (Å²) in [5, 5.41) is 1.30. The number of benzene rings is 2. The van der Waals surface area contributed by atoms with Crippen molar-refractivity contribution >= 4 is 48.3 Å². The van der Waals surface area contributed by atoms with E-state index in [-0.39, 0.29) is 5.92 Å². The quantitative estimate of drug-likeness (QED) is 0.666. The molecule has 5 nitrogen and oxygen atoms in total. The number of halogens is 2. The summed E-state index contributed by atoms with van der Waals surface area (Å²) < 4.78 is 28.9. The van der Waals surface area contributed by atoms with Crippen molar-refractivity contribution < 1.29 is 8.42 Å². The SMILES string of the molecule is CN1Cc2c(Cl)cc(Cl)cc2C(c2ccc(NS(=O)(=O)NCCP)cc2)C1. The number of hydrogen-bond donors (Lipinski definition) is 2. The Kier molecular flexibility index (Phi) is 6.67. The van der Waals surface area contributed by atoms with Crippen molar-refractivity contribution in [2.75, 3.05) is 31.0 Å². The van der Waals surface area contributed by atoms with Crippen LogP contribution in [0.25, 0.3) is 0 Å². The number of fused-ring (bicyclic) bond motifs is 1. The van der Waals surface area contributed by atoms with Gasteiger partial charge in [0.05, 0.1) is 0 Å². The van der Waals surface area contributed by atoms with E-state index in [1.54, 1.807) is 18.2 Å². The van der Waals surface area contributed by atoms with Crippen LogP contribution in [-0.4, -0.2) is 39.6 Å². The van der Waals surface area contributed by atoms with Crippen LogP contribution in [0.2, 0.25) is 10.0 Å². The number of nitrogens with one attached hydrogen (secondary N) is 2. The summed E-state index contributed by atoms with van der Waals surface area (Å²) in [5.74, 6) is 0.121. The number of nitrogens with zero attached hydrogens (tertiary/aromatic N) is 1. The Hall–Kier alpha value is -0.880. The smallest absolute Gasteiger partial charge is 0.299 e. The van der Waals surface area contributed by atoms with Gasteiger partial charge in [-0.2, -0.15) is 13.1 Å². The molecule has 0 saturated carbocycles. The first-order valence-corrected chi connectivity index (χ1v) is 11.6. The molecule has 2 unspecified atom stereocenters. The zero-order chi connectivity index (χ0) is 19.6. The van der Waals surface area contributed by atoms with Crippen molar-refractivity contribution in [3.05, 3.63) is 63.1 Å². The summed E-state index contributed by atoms with van der Waals surface area (Å²) >= 11 is 12.6. The van der Waals surface area contributed by atoms with Gasteiger partial charge in [-0.05, 0) is 54.2 Å². The van der Waals surface area contributed by atoms with Gasteiger partial charge in [-0.15, -0.1) is 9.24 Å². The molecular formula is C18H22Cl2N3O2PS. The maximum absolute atomic E-state index is 12.0. The van der Waals surface area contributed by atoms with Crippen molar-refractivity contribution in [1.29, 1.82) is 0 Å². The largest absolute Gasteiger partial charge is 0.301 e. The molecular weight excluding hydrogens is 424 g/mol. The van der Waals surface area contributed by atoms with Crippen LogP contribution in [0.1, 0.15) is 22.6 Å². The van der Waals surface area contributed by atoms with Gasteiger partial charge in [0.2, 0.25) is 0 Å². The van der Waals surface area contributed by atoms with Crippen LogP contribution in [0.3, 0.4) is 0 Å². The van der Waals surface area contributed by atoms with E-state index >= 15 is 0 Å². The van der Waals surface area contributed by atoms with Gasteiger partial charge in [-0.1, -0.05) is 35.3 Å². The molecule has 0 aromatic heterocycles. The number of anilines is 1. The Balaban J connectivity index is 1.86. The van der Waals surface area contributed by atoms with E-state index in [4.69, 9.17) is 23.2 Å². The van der Waals surface area contributed by atoms with E-state index in [1.807, 2.05) is 18.2 Å². The second kappa shape index (κ2) is 8.64. The molecule has 2 atom stereocenters. The fourth-order valence-electron chi connectivity index (χ4n) is 3.30. The monoisotopic (exact) mass is 445 g/mol. The zero-order valence-corrected chi connectivity index (χ0v) is 18.4. The fraction of sp³-hybridized carbons (Fsp3) is 0.333. The first-order valence-electron chi connectivity index (χ1n) is 8.53. The first-order chi connectivity index (χ1) is 12.8. The van der Waals surface area contributed by atoms with Gasteiger partial charge in [0.25, 0.3) is 10.2 Å². The van der Waals surface area contributed by atoms with Crippen LogP contribution in [0.4, 0.5) is 5.69 Å². The topological polar surface area (TPSA) is 61.4 Å². The zero-order valence-electron chi connectivity index (χ0n) is 14.9. The second-order valence-electron chi connectivity index (χ2n) is 6.62. The molecule has 0 saturated heterocycles. The Morgan fingerprint density at radius 1 is 1.22 bits per heavy atom. The molecule has 0 radical (unpaired) electrons. The number of hydrogen-bond acceptors (Lipinski definition) is 3. The molecule has 2 N–H and O–H groups in total.